The molecule has 0 saturated carbocycles. The molecule has 1 aliphatic heterocycles. The Kier molecular flexibility index (Phi) is 5.38. The van der Waals surface area contributed by atoms with Crippen LogP contribution in [0.15, 0.2) is 29.4 Å². The van der Waals surface area contributed by atoms with Gasteiger partial charge in [-0.25, -0.2) is 22.5 Å². The highest BCUT2D eigenvalue weighted by Crippen LogP contribution is 2.23. The van der Waals surface area contributed by atoms with Crippen LogP contribution in [0.1, 0.15) is 10.4 Å². The molecule has 28 heavy (non-hydrogen) atoms. The molecule has 1 saturated heterocycles. The van der Waals surface area contributed by atoms with Gasteiger partial charge in [0.1, 0.15) is 5.82 Å². The topological polar surface area (TPSA) is 118 Å². The van der Waals surface area contributed by atoms with Crippen molar-refractivity contribution in [1.29, 1.82) is 0 Å². The number of nitrogens with zero attached hydrogens (tertiary/aromatic N) is 3. The Hall–Kier alpha value is -2.18. The van der Waals surface area contributed by atoms with Crippen LogP contribution in [-0.2, 0) is 26.9 Å². The van der Waals surface area contributed by atoms with E-state index in [2.05, 4.69) is 4.98 Å². The van der Waals surface area contributed by atoms with Gasteiger partial charge < -0.3 is 9.47 Å². The third-order valence-electron chi connectivity index (χ3n) is 4.29. The van der Waals surface area contributed by atoms with Crippen molar-refractivity contribution >= 4 is 43.1 Å². The zero-order chi connectivity index (χ0) is 20.7. The number of hydrogen-bond donors (Lipinski definition) is 1. The first-order valence-corrected chi connectivity index (χ1v) is 11.7. The maximum Gasteiger partial charge on any atom is 0.281 e. The van der Waals surface area contributed by atoms with Crippen molar-refractivity contribution in [1.82, 2.24) is 14.3 Å². The Morgan fingerprint density at radius 1 is 1.29 bits per heavy atom. The number of halogens is 2. The molecule has 0 aliphatic carbocycles. The van der Waals surface area contributed by atoms with Crippen molar-refractivity contribution in [2.75, 3.05) is 29.5 Å². The summed E-state index contributed by atoms with van der Waals surface area (Å²) in [7, 11) is -6.01. The van der Waals surface area contributed by atoms with Crippen LogP contribution >= 0.6 is 11.6 Å². The van der Waals surface area contributed by atoms with Crippen molar-refractivity contribution in [2.24, 2.45) is 7.05 Å². The number of carbonyl (C=O) groups excluding carboxylic acids is 1. The minimum absolute atomic E-state index is 0.0771. The molecule has 1 aromatic heterocycles. The van der Waals surface area contributed by atoms with Crippen LogP contribution in [-0.4, -0.2) is 56.9 Å². The summed E-state index contributed by atoms with van der Waals surface area (Å²) >= 11 is 5.70. The molecule has 1 amide bonds. The minimum Gasteiger partial charge on any atom is -0.367 e. The summed E-state index contributed by atoms with van der Waals surface area (Å²) in [6.45, 7) is 0.279. The third kappa shape index (κ3) is 4.13. The fourth-order valence-electron chi connectivity index (χ4n) is 2.71. The molecule has 0 unspecified atom stereocenters. The average Bonchev–Trinajstić information content (AvgIpc) is 2.95. The number of rotatable bonds is 4. The molecular formula is C15H16ClFN4O5S2. The van der Waals surface area contributed by atoms with Gasteiger partial charge in [-0.3, -0.25) is 4.79 Å². The van der Waals surface area contributed by atoms with E-state index in [1.165, 1.54) is 19.2 Å². The molecule has 152 valence electrons. The normalized spacial score (nSPS) is 16.8. The Morgan fingerprint density at radius 2 is 1.93 bits per heavy atom. The number of amides is 1. The molecule has 2 aromatic rings. The molecule has 2 heterocycles. The van der Waals surface area contributed by atoms with Gasteiger partial charge in [-0.1, -0.05) is 0 Å². The number of carbonyl (C=O) groups is 1. The van der Waals surface area contributed by atoms with E-state index >= 15 is 0 Å². The van der Waals surface area contributed by atoms with Gasteiger partial charge in [0.15, 0.2) is 14.9 Å². The van der Waals surface area contributed by atoms with E-state index in [0.717, 1.165) is 16.8 Å². The van der Waals surface area contributed by atoms with Gasteiger partial charge >= 0.3 is 0 Å². The fraction of sp³-hybridized carbons (Fsp3) is 0.333. The van der Waals surface area contributed by atoms with Gasteiger partial charge in [-0.05, 0) is 29.8 Å². The molecule has 0 radical (unpaired) electrons. The second-order valence-corrected chi connectivity index (χ2v) is 10.4. The van der Waals surface area contributed by atoms with E-state index < -0.39 is 31.6 Å². The minimum atomic E-state index is -4.26. The molecule has 1 aliphatic rings. The third-order valence-corrected chi connectivity index (χ3v) is 7.63. The Labute approximate surface area is 166 Å². The summed E-state index contributed by atoms with van der Waals surface area (Å²) in [5.74, 6) is -1.95. The Balaban J connectivity index is 1.78. The van der Waals surface area contributed by atoms with Crippen molar-refractivity contribution in [2.45, 2.75) is 5.03 Å². The molecule has 1 N–H and O–H groups in total. The highest BCUT2D eigenvalue weighted by Gasteiger charge is 2.26. The van der Waals surface area contributed by atoms with Gasteiger partial charge in [-0.15, -0.1) is 0 Å². The quantitative estimate of drug-likeness (QED) is 0.723. The monoisotopic (exact) mass is 450 g/mol. The fourth-order valence-corrected chi connectivity index (χ4v) is 5.21. The van der Waals surface area contributed by atoms with E-state index in [9.17, 15) is 26.0 Å². The number of anilines is 1. The lowest BCUT2D eigenvalue weighted by atomic mass is 10.1. The second-order valence-electron chi connectivity index (χ2n) is 6.16. The van der Waals surface area contributed by atoms with Crippen LogP contribution in [0.3, 0.4) is 0 Å². The largest absolute Gasteiger partial charge is 0.367 e. The molecule has 1 fully saturated rings. The maximum absolute atomic E-state index is 14.5. The van der Waals surface area contributed by atoms with Crippen molar-refractivity contribution < 1.29 is 26.0 Å². The summed E-state index contributed by atoms with van der Waals surface area (Å²) < 4.78 is 64.9. The van der Waals surface area contributed by atoms with Crippen LogP contribution < -0.4 is 9.62 Å². The molecule has 0 spiro atoms. The number of nitrogens with one attached hydrogen (secondary N) is 1. The molecule has 9 nitrogen and oxygen atoms in total. The zero-order valence-electron chi connectivity index (χ0n) is 14.6. The Morgan fingerprint density at radius 3 is 2.46 bits per heavy atom. The number of sulfonamides is 1. The second kappa shape index (κ2) is 7.33. The van der Waals surface area contributed by atoms with E-state index in [4.69, 9.17) is 11.6 Å². The summed E-state index contributed by atoms with van der Waals surface area (Å²) in [5.41, 5.74) is -0.0598. The van der Waals surface area contributed by atoms with E-state index in [0.29, 0.717) is 0 Å². The summed E-state index contributed by atoms with van der Waals surface area (Å²) in [4.78, 5) is 17.5. The van der Waals surface area contributed by atoms with Crippen LogP contribution in [0, 0.1) is 5.82 Å². The van der Waals surface area contributed by atoms with Crippen LogP contribution in [0.2, 0.25) is 5.28 Å². The summed E-state index contributed by atoms with van der Waals surface area (Å²) in [5, 5.41) is -0.399. The molecule has 3 rings (SSSR count). The summed E-state index contributed by atoms with van der Waals surface area (Å²) in [6.07, 6.45) is 0.992. The van der Waals surface area contributed by atoms with Crippen LogP contribution in [0.4, 0.5) is 10.1 Å². The zero-order valence-corrected chi connectivity index (χ0v) is 17.0. The first kappa shape index (κ1) is 20.6. The Bertz CT molecular complexity index is 1130. The van der Waals surface area contributed by atoms with Gasteiger partial charge in [-0.2, -0.15) is 8.42 Å². The molecule has 0 atom stereocenters. The van der Waals surface area contributed by atoms with Gasteiger partial charge in [0.05, 0.1) is 23.4 Å². The van der Waals surface area contributed by atoms with E-state index in [-0.39, 0.29) is 46.2 Å². The van der Waals surface area contributed by atoms with Gasteiger partial charge in [0.2, 0.25) is 5.28 Å². The van der Waals surface area contributed by atoms with Crippen molar-refractivity contribution in [3.63, 3.8) is 0 Å². The lowest BCUT2D eigenvalue weighted by molar-refractivity contribution is 0.0981. The van der Waals surface area contributed by atoms with Crippen molar-refractivity contribution in [3.8, 4) is 0 Å². The first-order chi connectivity index (χ1) is 13.0. The summed E-state index contributed by atoms with van der Waals surface area (Å²) in [6, 6.07) is 3.48. The number of aromatic nitrogens is 2. The molecule has 13 heteroatoms. The smallest absolute Gasteiger partial charge is 0.281 e. The highest BCUT2D eigenvalue weighted by atomic mass is 35.5. The SMILES string of the molecule is Cn1c(S(=O)(=O)NC(=O)c2ccc(N3CCS(=O)(=O)CC3)c(F)c2)cnc1Cl. The lowest BCUT2D eigenvalue weighted by Gasteiger charge is -2.29. The van der Waals surface area contributed by atoms with Crippen LogP contribution in [0.25, 0.3) is 0 Å². The highest BCUT2D eigenvalue weighted by molar-refractivity contribution is 7.91. The van der Waals surface area contributed by atoms with Gasteiger partial charge in [0, 0.05) is 25.7 Å². The standard InChI is InChI=1S/C15H16ClFN4O5S2/c1-20-13(9-18-15(20)16)28(25,26)19-14(22)10-2-3-12(11(17)8-10)21-4-6-27(23,24)7-5-21/h2-3,8-9H,4-7H2,1H3,(H,19,22). The predicted octanol–water partition coefficient (Wildman–Crippen LogP) is 0.566. The van der Waals surface area contributed by atoms with Crippen molar-refractivity contribution in [3.05, 3.63) is 41.1 Å². The first-order valence-electron chi connectivity index (χ1n) is 7.99. The predicted molar refractivity (Wildman–Crippen MR) is 100 cm³/mol. The maximum atomic E-state index is 14.5. The molecule has 1 aromatic carbocycles. The van der Waals surface area contributed by atoms with Gasteiger partial charge in [0.25, 0.3) is 15.9 Å². The number of imidazole rings is 1. The number of sulfone groups is 1. The van der Waals surface area contributed by atoms with Crippen LogP contribution in [0.5, 0.6) is 0 Å². The van der Waals surface area contributed by atoms with E-state index in [1.54, 1.807) is 4.90 Å². The lowest BCUT2D eigenvalue weighted by Crippen LogP contribution is -2.40. The van der Waals surface area contributed by atoms with E-state index in [1.807, 2.05) is 4.72 Å². The molecule has 0 bridgehead atoms. The number of benzene rings is 1. The number of hydrogen-bond acceptors (Lipinski definition) is 7. The molecular weight excluding hydrogens is 435 g/mol. The average molecular weight is 451 g/mol.